The van der Waals surface area contributed by atoms with Gasteiger partial charge in [0.25, 0.3) is 0 Å². The molecule has 1 heterocycles. The number of hydrogen-bond acceptors (Lipinski definition) is 3. The van der Waals surface area contributed by atoms with Crippen molar-refractivity contribution < 1.29 is 14.3 Å². The minimum atomic E-state index is 0.153. The van der Waals surface area contributed by atoms with Gasteiger partial charge in [0.2, 0.25) is 5.91 Å². The minimum absolute atomic E-state index is 0.153. The Kier molecular flexibility index (Phi) is 5.08. The Balaban J connectivity index is 1.63. The van der Waals surface area contributed by atoms with Crippen molar-refractivity contribution in [2.45, 2.75) is 83.0 Å². The van der Waals surface area contributed by atoms with Crippen LogP contribution in [0, 0.1) is 5.41 Å². The Morgan fingerprint density at radius 2 is 2.05 bits per heavy atom. The van der Waals surface area contributed by atoms with Crippen LogP contribution in [0.3, 0.4) is 0 Å². The van der Waals surface area contributed by atoms with Gasteiger partial charge in [-0.2, -0.15) is 0 Å². The average Bonchev–Trinajstić information content (AvgIpc) is 3.04. The Morgan fingerprint density at radius 1 is 1.27 bits per heavy atom. The predicted molar refractivity (Wildman–Crippen MR) is 85.7 cm³/mol. The first-order valence-corrected chi connectivity index (χ1v) is 9.16. The first-order chi connectivity index (χ1) is 10.7. The Bertz CT molecular complexity index is 386. The maximum Gasteiger partial charge on any atom is 0.225 e. The summed E-state index contributed by atoms with van der Waals surface area (Å²) in [6, 6.07) is 0.373. The highest BCUT2D eigenvalue weighted by Gasteiger charge is 2.57. The van der Waals surface area contributed by atoms with Gasteiger partial charge in [-0.15, -0.1) is 0 Å². The molecule has 0 N–H and O–H groups in total. The van der Waals surface area contributed by atoms with Crippen LogP contribution in [0.1, 0.15) is 64.7 Å². The number of rotatable bonds is 5. The number of ether oxygens (including phenoxy) is 2. The number of amides is 1. The molecular formula is C18H31NO3. The van der Waals surface area contributed by atoms with Gasteiger partial charge in [0.1, 0.15) is 0 Å². The zero-order valence-corrected chi connectivity index (χ0v) is 14.2. The van der Waals surface area contributed by atoms with E-state index in [4.69, 9.17) is 9.47 Å². The molecule has 3 fully saturated rings. The quantitative estimate of drug-likeness (QED) is 0.783. The largest absolute Gasteiger partial charge is 0.378 e. The summed E-state index contributed by atoms with van der Waals surface area (Å²) in [5.41, 5.74) is 0.231. The summed E-state index contributed by atoms with van der Waals surface area (Å²) in [7, 11) is 2.00. The summed E-state index contributed by atoms with van der Waals surface area (Å²) in [6.45, 7) is 3.68. The highest BCUT2D eigenvalue weighted by atomic mass is 16.5. The molecular weight excluding hydrogens is 278 g/mol. The van der Waals surface area contributed by atoms with Crippen LogP contribution in [0.25, 0.3) is 0 Å². The van der Waals surface area contributed by atoms with Crippen LogP contribution in [-0.4, -0.2) is 49.3 Å². The summed E-state index contributed by atoms with van der Waals surface area (Å²) in [5.74, 6) is 0.261. The molecule has 1 amide bonds. The highest BCUT2D eigenvalue weighted by Crippen LogP contribution is 2.55. The Labute approximate surface area is 134 Å². The second-order valence-corrected chi connectivity index (χ2v) is 7.33. The van der Waals surface area contributed by atoms with Crippen LogP contribution in [0.4, 0.5) is 0 Å². The summed E-state index contributed by atoms with van der Waals surface area (Å²) in [4.78, 5) is 14.7. The number of hydrogen-bond donors (Lipinski definition) is 0. The van der Waals surface area contributed by atoms with Crippen molar-refractivity contribution in [3.05, 3.63) is 0 Å². The average molecular weight is 309 g/mol. The van der Waals surface area contributed by atoms with Gasteiger partial charge in [-0.25, -0.2) is 0 Å². The monoisotopic (exact) mass is 309 g/mol. The molecule has 4 heteroatoms. The van der Waals surface area contributed by atoms with E-state index in [0.29, 0.717) is 18.6 Å². The van der Waals surface area contributed by atoms with Crippen molar-refractivity contribution in [1.82, 2.24) is 4.90 Å². The summed E-state index contributed by atoms with van der Waals surface area (Å²) >= 11 is 0. The van der Waals surface area contributed by atoms with Crippen molar-refractivity contribution in [1.29, 1.82) is 0 Å². The van der Waals surface area contributed by atoms with Crippen molar-refractivity contribution in [3.8, 4) is 0 Å². The van der Waals surface area contributed by atoms with Crippen molar-refractivity contribution >= 4 is 5.91 Å². The third-order valence-corrected chi connectivity index (χ3v) is 6.18. The van der Waals surface area contributed by atoms with Crippen molar-refractivity contribution in [2.75, 3.05) is 20.3 Å². The van der Waals surface area contributed by atoms with Crippen molar-refractivity contribution in [2.24, 2.45) is 5.41 Å². The molecule has 1 aliphatic heterocycles. The van der Waals surface area contributed by atoms with Gasteiger partial charge in [-0.1, -0.05) is 19.3 Å². The van der Waals surface area contributed by atoms with E-state index in [-0.39, 0.29) is 17.4 Å². The van der Waals surface area contributed by atoms with Crippen molar-refractivity contribution in [3.63, 3.8) is 0 Å². The molecule has 0 aromatic rings. The van der Waals surface area contributed by atoms with E-state index in [2.05, 4.69) is 6.92 Å². The van der Waals surface area contributed by atoms with Gasteiger partial charge >= 0.3 is 0 Å². The maximum atomic E-state index is 12.6. The van der Waals surface area contributed by atoms with Crippen LogP contribution in [0.2, 0.25) is 0 Å². The molecule has 0 aromatic carbocycles. The maximum absolute atomic E-state index is 12.6. The Morgan fingerprint density at radius 3 is 2.68 bits per heavy atom. The van der Waals surface area contributed by atoms with Crippen LogP contribution in [0.15, 0.2) is 0 Å². The first-order valence-electron chi connectivity index (χ1n) is 9.16. The summed E-state index contributed by atoms with van der Waals surface area (Å²) < 4.78 is 11.6. The number of nitrogens with zero attached hydrogens (tertiary/aromatic N) is 1. The van der Waals surface area contributed by atoms with Crippen LogP contribution in [-0.2, 0) is 14.3 Å². The standard InChI is InChI=1S/C18H31NO3/c1-3-21-16-13-15(18(16)9-5-4-6-10-18)19(2)17(20)12-14-8-7-11-22-14/h14-16H,3-13H2,1-2H3. The first kappa shape index (κ1) is 16.3. The van der Waals surface area contributed by atoms with Crippen LogP contribution in [0.5, 0.6) is 0 Å². The van der Waals surface area contributed by atoms with E-state index in [0.717, 1.165) is 32.5 Å². The lowest BCUT2D eigenvalue weighted by Gasteiger charge is -2.60. The molecule has 3 atom stereocenters. The lowest BCUT2D eigenvalue weighted by atomic mass is 9.54. The zero-order valence-electron chi connectivity index (χ0n) is 14.2. The molecule has 0 radical (unpaired) electrons. The number of carbonyl (C=O) groups is 1. The molecule has 1 saturated heterocycles. The third kappa shape index (κ3) is 2.92. The van der Waals surface area contributed by atoms with Crippen LogP contribution < -0.4 is 0 Å². The third-order valence-electron chi connectivity index (χ3n) is 6.18. The highest BCUT2D eigenvalue weighted by molar-refractivity contribution is 5.77. The normalized spacial score (nSPS) is 33.6. The topological polar surface area (TPSA) is 38.8 Å². The van der Waals surface area contributed by atoms with E-state index in [9.17, 15) is 4.79 Å². The molecule has 0 bridgehead atoms. The molecule has 1 spiro atoms. The smallest absolute Gasteiger partial charge is 0.225 e. The number of carbonyl (C=O) groups excluding carboxylic acids is 1. The lowest BCUT2D eigenvalue weighted by molar-refractivity contribution is -0.185. The molecule has 3 unspecified atom stereocenters. The molecule has 4 nitrogen and oxygen atoms in total. The fourth-order valence-electron chi connectivity index (χ4n) is 4.89. The molecule has 0 aromatic heterocycles. The summed E-state index contributed by atoms with van der Waals surface area (Å²) in [5, 5.41) is 0. The Hall–Kier alpha value is -0.610. The van der Waals surface area contributed by atoms with E-state index < -0.39 is 0 Å². The van der Waals surface area contributed by atoms with Gasteiger partial charge in [0.15, 0.2) is 0 Å². The van der Waals surface area contributed by atoms with E-state index in [1.54, 1.807) is 0 Å². The second kappa shape index (κ2) is 6.88. The molecule has 2 saturated carbocycles. The molecule has 2 aliphatic carbocycles. The lowest BCUT2D eigenvalue weighted by Crippen LogP contribution is -2.65. The molecule has 3 rings (SSSR count). The van der Waals surface area contributed by atoms with E-state index >= 15 is 0 Å². The predicted octanol–water partition coefficient (Wildman–Crippen LogP) is 3.14. The van der Waals surface area contributed by atoms with Gasteiger partial charge in [-0.05, 0) is 39.0 Å². The van der Waals surface area contributed by atoms with Gasteiger partial charge in [0.05, 0.1) is 18.6 Å². The molecule has 126 valence electrons. The zero-order chi connectivity index (χ0) is 15.6. The fourth-order valence-corrected chi connectivity index (χ4v) is 4.89. The van der Waals surface area contributed by atoms with Crippen LogP contribution >= 0.6 is 0 Å². The van der Waals surface area contributed by atoms with Gasteiger partial charge < -0.3 is 14.4 Å². The molecule has 22 heavy (non-hydrogen) atoms. The minimum Gasteiger partial charge on any atom is -0.378 e. The molecule has 3 aliphatic rings. The second-order valence-electron chi connectivity index (χ2n) is 7.33. The van der Waals surface area contributed by atoms with E-state index in [1.165, 1.54) is 32.1 Å². The fraction of sp³-hybridized carbons (Fsp3) is 0.944. The van der Waals surface area contributed by atoms with Gasteiger partial charge in [0, 0.05) is 31.7 Å². The summed E-state index contributed by atoms with van der Waals surface area (Å²) in [6.07, 6.45) is 10.6. The van der Waals surface area contributed by atoms with E-state index in [1.807, 2.05) is 11.9 Å². The van der Waals surface area contributed by atoms with Gasteiger partial charge in [-0.3, -0.25) is 4.79 Å². The SMILES string of the molecule is CCOC1CC(N(C)C(=O)CC2CCCO2)C12CCCCC2.